The van der Waals surface area contributed by atoms with Crippen LogP contribution in [0.2, 0.25) is 0 Å². The lowest BCUT2D eigenvalue weighted by atomic mass is 10.2. The molecule has 82 valence electrons. The van der Waals surface area contributed by atoms with Crippen LogP contribution in [-0.4, -0.2) is 28.0 Å². The summed E-state index contributed by atoms with van der Waals surface area (Å²) < 4.78 is 4.50. The SMILES string of the molecule is COC(=O)c1cnc2[nH]c(=O)c(=O)[nH]c2c1. The molecule has 0 radical (unpaired) electrons. The maximum Gasteiger partial charge on any atom is 0.339 e. The third-order valence-electron chi connectivity index (χ3n) is 2.00. The van der Waals surface area contributed by atoms with Gasteiger partial charge in [0.2, 0.25) is 0 Å². The number of H-pyrrole nitrogens is 2. The van der Waals surface area contributed by atoms with E-state index in [-0.39, 0.29) is 16.7 Å². The molecule has 16 heavy (non-hydrogen) atoms. The highest BCUT2D eigenvalue weighted by atomic mass is 16.5. The highest BCUT2D eigenvalue weighted by Crippen LogP contribution is 2.06. The number of hydrogen-bond donors (Lipinski definition) is 2. The summed E-state index contributed by atoms with van der Waals surface area (Å²) in [6, 6.07) is 1.38. The van der Waals surface area contributed by atoms with Gasteiger partial charge in [-0.05, 0) is 6.07 Å². The smallest absolute Gasteiger partial charge is 0.339 e. The molecule has 0 aliphatic rings. The predicted molar refractivity (Wildman–Crippen MR) is 54.3 cm³/mol. The maximum atomic E-state index is 11.2. The van der Waals surface area contributed by atoms with E-state index in [9.17, 15) is 14.4 Å². The van der Waals surface area contributed by atoms with Crippen molar-refractivity contribution in [3.8, 4) is 0 Å². The minimum absolute atomic E-state index is 0.192. The highest BCUT2D eigenvalue weighted by Gasteiger charge is 2.08. The second-order valence-electron chi connectivity index (χ2n) is 3.02. The van der Waals surface area contributed by atoms with Crippen molar-refractivity contribution in [1.29, 1.82) is 0 Å². The van der Waals surface area contributed by atoms with Crippen LogP contribution in [0.3, 0.4) is 0 Å². The number of ether oxygens (including phenoxy) is 1. The summed E-state index contributed by atoms with van der Waals surface area (Å²) in [6.45, 7) is 0. The third-order valence-corrected chi connectivity index (χ3v) is 2.00. The summed E-state index contributed by atoms with van der Waals surface area (Å²) in [7, 11) is 1.24. The Morgan fingerprint density at radius 3 is 2.69 bits per heavy atom. The second kappa shape index (κ2) is 3.61. The molecule has 0 bridgehead atoms. The van der Waals surface area contributed by atoms with E-state index in [2.05, 4.69) is 19.7 Å². The van der Waals surface area contributed by atoms with Crippen molar-refractivity contribution in [2.45, 2.75) is 0 Å². The fourth-order valence-corrected chi connectivity index (χ4v) is 1.23. The van der Waals surface area contributed by atoms with Crippen LogP contribution in [0.1, 0.15) is 10.4 Å². The Morgan fingerprint density at radius 2 is 2.00 bits per heavy atom. The first kappa shape index (κ1) is 10.1. The fraction of sp³-hybridized carbons (Fsp3) is 0.111. The predicted octanol–water partition coefficient (Wildman–Crippen LogP) is -0.602. The molecule has 0 aliphatic heterocycles. The Bertz CT molecular complexity index is 670. The topological polar surface area (TPSA) is 105 Å². The standard InChI is InChI=1S/C9H7N3O4/c1-16-9(15)4-2-5-6(10-3-4)12-8(14)7(13)11-5/h2-3H,1H3,(H,11,13)(H,10,12,14). The lowest BCUT2D eigenvalue weighted by Crippen LogP contribution is -2.29. The van der Waals surface area contributed by atoms with Gasteiger partial charge < -0.3 is 14.7 Å². The lowest BCUT2D eigenvalue weighted by Gasteiger charge is -2.00. The molecule has 2 rings (SSSR count). The molecule has 2 heterocycles. The molecule has 0 saturated carbocycles. The van der Waals surface area contributed by atoms with Crippen molar-refractivity contribution >= 4 is 17.1 Å². The van der Waals surface area contributed by atoms with Crippen molar-refractivity contribution in [1.82, 2.24) is 15.0 Å². The van der Waals surface area contributed by atoms with Crippen LogP contribution < -0.4 is 11.1 Å². The van der Waals surface area contributed by atoms with Gasteiger partial charge in [-0.1, -0.05) is 0 Å². The quantitative estimate of drug-likeness (QED) is 0.494. The minimum atomic E-state index is -0.795. The van der Waals surface area contributed by atoms with Gasteiger partial charge in [-0.15, -0.1) is 0 Å². The average molecular weight is 221 g/mol. The zero-order valence-electron chi connectivity index (χ0n) is 8.23. The summed E-state index contributed by atoms with van der Waals surface area (Å²) in [5.41, 5.74) is -0.912. The lowest BCUT2D eigenvalue weighted by molar-refractivity contribution is 0.0600. The Balaban J connectivity index is 2.71. The Hall–Kier alpha value is -2.44. The molecule has 2 aromatic rings. The van der Waals surface area contributed by atoms with Crippen LogP contribution in [0, 0.1) is 0 Å². The second-order valence-corrected chi connectivity index (χ2v) is 3.02. The molecule has 0 amide bonds. The molecule has 0 aliphatic carbocycles. The first-order chi connectivity index (χ1) is 7.61. The molecule has 2 aromatic heterocycles. The van der Waals surface area contributed by atoms with Crippen molar-refractivity contribution in [2.24, 2.45) is 0 Å². The molecule has 0 spiro atoms. The first-order valence-corrected chi connectivity index (χ1v) is 4.32. The van der Waals surface area contributed by atoms with Crippen LogP contribution in [-0.2, 0) is 4.74 Å². The minimum Gasteiger partial charge on any atom is -0.465 e. The third kappa shape index (κ3) is 1.58. The summed E-state index contributed by atoms with van der Waals surface area (Å²) in [5.74, 6) is -0.568. The Morgan fingerprint density at radius 1 is 1.31 bits per heavy atom. The number of hydrogen-bond acceptors (Lipinski definition) is 5. The molecular formula is C9H7N3O4. The van der Waals surface area contributed by atoms with E-state index in [4.69, 9.17) is 0 Å². The van der Waals surface area contributed by atoms with E-state index < -0.39 is 17.1 Å². The number of methoxy groups -OCH3 is 1. The summed E-state index contributed by atoms with van der Waals surface area (Å²) in [6.07, 6.45) is 1.25. The van der Waals surface area contributed by atoms with Crippen LogP contribution >= 0.6 is 0 Å². The van der Waals surface area contributed by atoms with Crippen molar-refractivity contribution < 1.29 is 9.53 Å². The number of aromatic nitrogens is 3. The number of nitrogens with one attached hydrogen (secondary N) is 2. The summed E-state index contributed by atoms with van der Waals surface area (Å²) >= 11 is 0. The van der Waals surface area contributed by atoms with Gasteiger partial charge in [-0.2, -0.15) is 0 Å². The van der Waals surface area contributed by atoms with Gasteiger partial charge in [0.15, 0.2) is 5.65 Å². The molecule has 7 nitrogen and oxygen atoms in total. The highest BCUT2D eigenvalue weighted by molar-refractivity contribution is 5.91. The van der Waals surface area contributed by atoms with Crippen molar-refractivity contribution in [3.63, 3.8) is 0 Å². The molecule has 0 aromatic carbocycles. The zero-order chi connectivity index (χ0) is 11.7. The normalized spacial score (nSPS) is 10.3. The maximum absolute atomic E-state index is 11.2. The average Bonchev–Trinajstić information content (AvgIpc) is 2.29. The monoisotopic (exact) mass is 221 g/mol. The zero-order valence-corrected chi connectivity index (χ0v) is 8.23. The molecule has 0 saturated heterocycles. The fourth-order valence-electron chi connectivity index (χ4n) is 1.23. The number of carbonyl (C=O) groups excluding carboxylic acids is 1. The molecular weight excluding hydrogens is 214 g/mol. The van der Waals surface area contributed by atoms with Gasteiger partial charge in [0, 0.05) is 6.20 Å². The van der Waals surface area contributed by atoms with Crippen LogP contribution in [0.5, 0.6) is 0 Å². The number of pyridine rings is 1. The Labute approximate surface area is 88.1 Å². The number of rotatable bonds is 1. The molecule has 0 unspecified atom stereocenters. The van der Waals surface area contributed by atoms with E-state index in [1.54, 1.807) is 0 Å². The molecule has 0 fully saturated rings. The Kier molecular flexibility index (Phi) is 2.28. The van der Waals surface area contributed by atoms with E-state index in [0.29, 0.717) is 0 Å². The largest absolute Gasteiger partial charge is 0.465 e. The van der Waals surface area contributed by atoms with Crippen molar-refractivity contribution in [3.05, 3.63) is 38.5 Å². The van der Waals surface area contributed by atoms with Gasteiger partial charge in [0.1, 0.15) is 0 Å². The van der Waals surface area contributed by atoms with Gasteiger partial charge in [-0.25, -0.2) is 9.78 Å². The van der Waals surface area contributed by atoms with E-state index in [1.807, 2.05) is 0 Å². The number of fused-ring (bicyclic) bond motifs is 1. The number of aromatic amines is 2. The number of nitrogens with zero attached hydrogens (tertiary/aromatic N) is 1. The van der Waals surface area contributed by atoms with Crippen molar-refractivity contribution in [2.75, 3.05) is 7.11 Å². The van der Waals surface area contributed by atoms with Crippen LogP contribution in [0.25, 0.3) is 11.2 Å². The van der Waals surface area contributed by atoms with Gasteiger partial charge in [-0.3, -0.25) is 9.59 Å². The molecule has 0 atom stereocenters. The van der Waals surface area contributed by atoms with Gasteiger partial charge in [0.05, 0.1) is 18.2 Å². The molecule has 2 N–H and O–H groups in total. The molecule has 7 heteroatoms. The number of carbonyl (C=O) groups is 1. The van der Waals surface area contributed by atoms with E-state index >= 15 is 0 Å². The summed E-state index contributed by atoms with van der Waals surface area (Å²) in [4.78, 5) is 41.6. The summed E-state index contributed by atoms with van der Waals surface area (Å²) in [5, 5.41) is 0. The van der Waals surface area contributed by atoms with Crippen LogP contribution in [0.15, 0.2) is 21.9 Å². The van der Waals surface area contributed by atoms with Crippen LogP contribution in [0.4, 0.5) is 0 Å². The number of esters is 1. The van der Waals surface area contributed by atoms with Gasteiger partial charge >= 0.3 is 17.1 Å². The van der Waals surface area contributed by atoms with E-state index in [1.165, 1.54) is 19.4 Å². The first-order valence-electron chi connectivity index (χ1n) is 4.32. The van der Waals surface area contributed by atoms with E-state index in [0.717, 1.165) is 0 Å². The van der Waals surface area contributed by atoms with Gasteiger partial charge in [0.25, 0.3) is 0 Å².